The van der Waals surface area contributed by atoms with E-state index in [0.717, 1.165) is 57.0 Å². The van der Waals surface area contributed by atoms with Gasteiger partial charge in [0.05, 0.1) is 12.7 Å². The Morgan fingerprint density at radius 1 is 0.949 bits per heavy atom. The molecule has 6 nitrogen and oxygen atoms in total. The number of hydrogen-bond acceptors (Lipinski definition) is 5. The monoisotopic (exact) mass is 533 g/mol. The maximum Gasteiger partial charge on any atom is 0.303 e. The van der Waals surface area contributed by atoms with Crippen LogP contribution in [0.15, 0.2) is 48.5 Å². The second-order valence-electron chi connectivity index (χ2n) is 10.1. The molecule has 3 rings (SSSR count). The van der Waals surface area contributed by atoms with E-state index < -0.39 is 5.97 Å². The fourth-order valence-electron chi connectivity index (χ4n) is 4.79. The van der Waals surface area contributed by atoms with E-state index in [9.17, 15) is 4.79 Å². The summed E-state index contributed by atoms with van der Waals surface area (Å²) >= 11 is 0. The lowest BCUT2D eigenvalue weighted by Gasteiger charge is -2.20. The van der Waals surface area contributed by atoms with Crippen LogP contribution in [-0.2, 0) is 28.9 Å². The molecule has 0 radical (unpaired) electrons. The molecule has 6 heteroatoms. The highest BCUT2D eigenvalue weighted by atomic mass is 16.5. The molecule has 3 aromatic carbocycles. The van der Waals surface area contributed by atoms with Crippen molar-refractivity contribution in [2.24, 2.45) is 0 Å². The molecule has 3 aromatic rings. The van der Waals surface area contributed by atoms with E-state index in [1.807, 2.05) is 32.9 Å². The molecular formula is C33H43NO5. The SMILES string of the molecule is CCOCCOc1cc(C)c(-c2cc(CNc3ccc(CCC(=O)O)c(CC)c3)ccc2OC(C)C)c(C)c1. The summed E-state index contributed by atoms with van der Waals surface area (Å²) in [5, 5.41) is 12.6. The smallest absolute Gasteiger partial charge is 0.303 e. The van der Waals surface area contributed by atoms with E-state index in [1.165, 1.54) is 5.56 Å². The lowest BCUT2D eigenvalue weighted by atomic mass is 9.93. The van der Waals surface area contributed by atoms with Gasteiger partial charge < -0.3 is 24.6 Å². The molecule has 210 valence electrons. The van der Waals surface area contributed by atoms with Crippen LogP contribution in [0.2, 0.25) is 0 Å². The number of benzene rings is 3. The van der Waals surface area contributed by atoms with E-state index in [1.54, 1.807) is 0 Å². The van der Waals surface area contributed by atoms with E-state index in [2.05, 4.69) is 62.5 Å². The Kier molecular flexibility index (Phi) is 11.2. The highest BCUT2D eigenvalue weighted by Gasteiger charge is 2.16. The van der Waals surface area contributed by atoms with Crippen molar-refractivity contribution in [2.75, 3.05) is 25.1 Å². The van der Waals surface area contributed by atoms with Gasteiger partial charge in [-0.1, -0.05) is 19.1 Å². The third-order valence-electron chi connectivity index (χ3n) is 6.57. The normalized spacial score (nSPS) is 11.1. The number of ether oxygens (including phenoxy) is 3. The third-order valence-corrected chi connectivity index (χ3v) is 6.57. The summed E-state index contributed by atoms with van der Waals surface area (Å²) in [6, 6.07) is 16.7. The minimum absolute atomic E-state index is 0.0571. The average molecular weight is 534 g/mol. The maximum atomic E-state index is 11.0. The summed E-state index contributed by atoms with van der Waals surface area (Å²) in [4.78, 5) is 11.0. The zero-order valence-corrected chi connectivity index (χ0v) is 24.2. The lowest BCUT2D eigenvalue weighted by molar-refractivity contribution is -0.136. The molecule has 0 aliphatic carbocycles. The highest BCUT2D eigenvalue weighted by Crippen LogP contribution is 2.38. The fourth-order valence-corrected chi connectivity index (χ4v) is 4.79. The van der Waals surface area contributed by atoms with Gasteiger partial charge in [-0.05, 0) is 117 Å². The quantitative estimate of drug-likeness (QED) is 0.199. The van der Waals surface area contributed by atoms with E-state index >= 15 is 0 Å². The Labute approximate surface area is 233 Å². The van der Waals surface area contributed by atoms with Crippen LogP contribution in [0.5, 0.6) is 11.5 Å². The number of nitrogens with one attached hydrogen (secondary N) is 1. The molecule has 0 spiro atoms. The molecule has 0 atom stereocenters. The van der Waals surface area contributed by atoms with Gasteiger partial charge in [0.2, 0.25) is 0 Å². The first-order valence-corrected chi connectivity index (χ1v) is 13.9. The van der Waals surface area contributed by atoms with Crippen LogP contribution in [0, 0.1) is 13.8 Å². The molecule has 0 unspecified atom stereocenters. The van der Waals surface area contributed by atoms with Gasteiger partial charge in [-0.15, -0.1) is 0 Å². The molecule has 0 aromatic heterocycles. The fraction of sp³-hybridized carbons (Fsp3) is 0.424. The summed E-state index contributed by atoms with van der Waals surface area (Å²) in [6.07, 6.45) is 1.61. The summed E-state index contributed by atoms with van der Waals surface area (Å²) in [6.45, 7) is 14.8. The van der Waals surface area contributed by atoms with Crippen LogP contribution in [-0.4, -0.2) is 37.0 Å². The maximum absolute atomic E-state index is 11.0. The largest absolute Gasteiger partial charge is 0.491 e. The summed E-state index contributed by atoms with van der Waals surface area (Å²) in [7, 11) is 0. The van der Waals surface area contributed by atoms with Crippen LogP contribution >= 0.6 is 0 Å². The molecule has 2 N–H and O–H groups in total. The zero-order chi connectivity index (χ0) is 28.4. The molecule has 0 saturated heterocycles. The number of carboxylic acids is 1. The van der Waals surface area contributed by atoms with E-state index in [-0.39, 0.29) is 12.5 Å². The molecule has 0 amide bonds. The van der Waals surface area contributed by atoms with Gasteiger partial charge in [0.25, 0.3) is 0 Å². The standard InChI is InChI=1S/C33H43NO5/c1-7-26-20-28(12-10-27(26)11-14-32(35)36)34-21-25-9-13-31(39-22(3)4)30(19-25)33-23(5)17-29(18-24(33)6)38-16-15-37-8-2/h9-10,12-13,17-20,22,34H,7-8,11,14-16,21H2,1-6H3,(H,35,36). The molecule has 0 aliphatic rings. The first-order valence-electron chi connectivity index (χ1n) is 13.9. The van der Waals surface area contributed by atoms with E-state index in [4.69, 9.17) is 19.3 Å². The molecule has 0 heterocycles. The number of carboxylic acid groups (broad SMARTS) is 1. The van der Waals surface area contributed by atoms with Gasteiger partial charge in [0.1, 0.15) is 18.1 Å². The van der Waals surface area contributed by atoms with Gasteiger partial charge in [-0.25, -0.2) is 0 Å². The number of hydrogen-bond donors (Lipinski definition) is 2. The lowest BCUT2D eigenvalue weighted by Crippen LogP contribution is -2.09. The molecule has 0 fully saturated rings. The second kappa shape index (κ2) is 14.6. The van der Waals surface area contributed by atoms with Gasteiger partial charge in [0.15, 0.2) is 0 Å². The van der Waals surface area contributed by atoms with Gasteiger partial charge in [-0.3, -0.25) is 4.79 Å². The minimum atomic E-state index is -0.769. The summed E-state index contributed by atoms with van der Waals surface area (Å²) < 4.78 is 17.5. The number of rotatable bonds is 15. The van der Waals surface area contributed by atoms with Gasteiger partial charge in [-0.2, -0.15) is 0 Å². The predicted octanol–water partition coefficient (Wildman–Crippen LogP) is 7.36. The Bertz CT molecular complexity index is 1230. The highest BCUT2D eigenvalue weighted by molar-refractivity contribution is 5.77. The number of aryl methyl sites for hydroxylation is 4. The summed E-state index contributed by atoms with van der Waals surface area (Å²) in [5.41, 5.74) is 8.92. The Balaban J connectivity index is 1.85. The molecular weight excluding hydrogens is 490 g/mol. The van der Waals surface area contributed by atoms with Crippen molar-refractivity contribution in [3.8, 4) is 22.6 Å². The first kappa shape index (κ1) is 30.0. The van der Waals surface area contributed by atoms with Crippen molar-refractivity contribution in [1.29, 1.82) is 0 Å². The Morgan fingerprint density at radius 3 is 2.33 bits per heavy atom. The van der Waals surface area contributed by atoms with Crippen molar-refractivity contribution in [3.63, 3.8) is 0 Å². The predicted molar refractivity (Wildman–Crippen MR) is 158 cm³/mol. The third kappa shape index (κ3) is 8.75. The average Bonchev–Trinajstić information content (AvgIpc) is 2.89. The van der Waals surface area contributed by atoms with Crippen LogP contribution in [0.4, 0.5) is 5.69 Å². The number of aliphatic carboxylic acids is 1. The molecule has 39 heavy (non-hydrogen) atoms. The molecule has 0 bridgehead atoms. The first-order chi connectivity index (χ1) is 18.7. The van der Waals surface area contributed by atoms with Crippen molar-refractivity contribution < 1.29 is 24.1 Å². The van der Waals surface area contributed by atoms with Crippen molar-refractivity contribution in [3.05, 3.63) is 76.3 Å². The molecule has 0 aliphatic heterocycles. The second-order valence-corrected chi connectivity index (χ2v) is 10.1. The van der Waals surface area contributed by atoms with Gasteiger partial charge >= 0.3 is 5.97 Å². The number of carbonyl (C=O) groups is 1. The number of anilines is 1. The van der Waals surface area contributed by atoms with Crippen LogP contribution in [0.1, 0.15) is 61.9 Å². The van der Waals surface area contributed by atoms with Crippen molar-refractivity contribution in [2.45, 2.75) is 73.5 Å². The van der Waals surface area contributed by atoms with Crippen LogP contribution in [0.3, 0.4) is 0 Å². The molecule has 0 saturated carbocycles. The van der Waals surface area contributed by atoms with Crippen LogP contribution < -0.4 is 14.8 Å². The Morgan fingerprint density at radius 2 is 1.69 bits per heavy atom. The van der Waals surface area contributed by atoms with Crippen LogP contribution in [0.25, 0.3) is 11.1 Å². The minimum Gasteiger partial charge on any atom is -0.491 e. The van der Waals surface area contributed by atoms with Crippen molar-refractivity contribution in [1.82, 2.24) is 0 Å². The zero-order valence-electron chi connectivity index (χ0n) is 24.2. The summed E-state index contributed by atoms with van der Waals surface area (Å²) in [5.74, 6) is 0.936. The Hall–Kier alpha value is -3.51. The van der Waals surface area contributed by atoms with Crippen molar-refractivity contribution >= 4 is 11.7 Å². The van der Waals surface area contributed by atoms with Gasteiger partial charge in [0, 0.05) is 30.8 Å². The van der Waals surface area contributed by atoms with E-state index in [0.29, 0.717) is 32.8 Å². The topological polar surface area (TPSA) is 77.0 Å².